The van der Waals surface area contributed by atoms with Crippen LogP contribution in [0.1, 0.15) is 37.6 Å². The highest BCUT2D eigenvalue weighted by atomic mass is 19.1. The summed E-state index contributed by atoms with van der Waals surface area (Å²) in [5.74, 6) is -2.04. The molecule has 0 aromatic heterocycles. The lowest BCUT2D eigenvalue weighted by molar-refractivity contribution is -0.127. The SMILES string of the molecule is CC(C)(C)C1CC(=O)N(CC(=O)c2ccc(F)cc2F)C1. The second-order valence-electron chi connectivity index (χ2n) is 6.59. The quantitative estimate of drug-likeness (QED) is 0.804. The zero-order valence-corrected chi connectivity index (χ0v) is 12.5. The van der Waals surface area contributed by atoms with E-state index in [0.717, 1.165) is 12.1 Å². The van der Waals surface area contributed by atoms with Crippen molar-refractivity contribution in [3.63, 3.8) is 0 Å². The van der Waals surface area contributed by atoms with Gasteiger partial charge in [0.2, 0.25) is 5.91 Å². The number of halogens is 2. The lowest BCUT2D eigenvalue weighted by Crippen LogP contribution is -2.33. The first kappa shape index (κ1) is 15.6. The number of hydrogen-bond acceptors (Lipinski definition) is 2. The van der Waals surface area contributed by atoms with Gasteiger partial charge < -0.3 is 4.90 Å². The third-order valence-electron chi connectivity index (χ3n) is 4.01. The van der Waals surface area contributed by atoms with Crippen LogP contribution in [-0.4, -0.2) is 29.7 Å². The summed E-state index contributed by atoms with van der Waals surface area (Å²) in [5.41, 5.74) is -0.197. The average molecular weight is 295 g/mol. The summed E-state index contributed by atoms with van der Waals surface area (Å²) in [5, 5.41) is 0. The van der Waals surface area contributed by atoms with Crippen LogP contribution in [0.3, 0.4) is 0 Å². The Kier molecular flexibility index (Phi) is 4.12. The molecule has 114 valence electrons. The minimum absolute atomic E-state index is 0.0193. The normalized spacial score (nSPS) is 19.2. The fourth-order valence-electron chi connectivity index (χ4n) is 2.48. The van der Waals surface area contributed by atoms with Crippen LogP contribution in [0.4, 0.5) is 8.78 Å². The molecule has 0 saturated carbocycles. The van der Waals surface area contributed by atoms with Crippen molar-refractivity contribution >= 4 is 11.7 Å². The van der Waals surface area contributed by atoms with Gasteiger partial charge in [-0.2, -0.15) is 0 Å². The predicted molar refractivity (Wildman–Crippen MR) is 74.8 cm³/mol. The maximum absolute atomic E-state index is 13.6. The molecule has 1 amide bonds. The van der Waals surface area contributed by atoms with Gasteiger partial charge >= 0.3 is 0 Å². The van der Waals surface area contributed by atoms with Gasteiger partial charge in [-0.15, -0.1) is 0 Å². The summed E-state index contributed by atoms with van der Waals surface area (Å²) >= 11 is 0. The second-order valence-corrected chi connectivity index (χ2v) is 6.59. The monoisotopic (exact) mass is 295 g/mol. The highest BCUT2D eigenvalue weighted by Crippen LogP contribution is 2.34. The second kappa shape index (κ2) is 5.54. The maximum Gasteiger partial charge on any atom is 0.223 e. The summed E-state index contributed by atoms with van der Waals surface area (Å²) in [6.07, 6.45) is 0.405. The Balaban J connectivity index is 2.08. The molecule has 1 fully saturated rings. The zero-order chi connectivity index (χ0) is 15.8. The van der Waals surface area contributed by atoms with Crippen molar-refractivity contribution in [2.45, 2.75) is 27.2 Å². The first-order chi connectivity index (χ1) is 9.68. The number of carbonyl (C=O) groups excluding carboxylic acids is 2. The number of amides is 1. The van der Waals surface area contributed by atoms with Crippen LogP contribution in [0.5, 0.6) is 0 Å². The van der Waals surface area contributed by atoms with Crippen LogP contribution in [0.2, 0.25) is 0 Å². The number of rotatable bonds is 3. The van der Waals surface area contributed by atoms with E-state index in [2.05, 4.69) is 20.8 Å². The van der Waals surface area contributed by atoms with E-state index in [1.165, 1.54) is 4.90 Å². The molecule has 1 aromatic carbocycles. The van der Waals surface area contributed by atoms with E-state index in [1.807, 2.05) is 0 Å². The van der Waals surface area contributed by atoms with E-state index in [0.29, 0.717) is 19.0 Å². The fraction of sp³-hybridized carbons (Fsp3) is 0.500. The molecule has 1 saturated heterocycles. The Hall–Kier alpha value is -1.78. The topological polar surface area (TPSA) is 37.4 Å². The number of Topliss-reactive ketones (excluding diaryl/α,β-unsaturated/α-hetero) is 1. The molecular weight excluding hydrogens is 276 g/mol. The third-order valence-corrected chi connectivity index (χ3v) is 4.01. The molecule has 1 heterocycles. The molecule has 1 atom stereocenters. The van der Waals surface area contributed by atoms with Gasteiger partial charge in [0.1, 0.15) is 11.6 Å². The molecular formula is C16H19F2NO2. The average Bonchev–Trinajstić information content (AvgIpc) is 2.70. The van der Waals surface area contributed by atoms with E-state index in [1.54, 1.807) is 0 Å². The van der Waals surface area contributed by atoms with E-state index in [-0.39, 0.29) is 29.3 Å². The molecule has 0 radical (unpaired) electrons. The van der Waals surface area contributed by atoms with Crippen molar-refractivity contribution < 1.29 is 18.4 Å². The number of hydrogen-bond donors (Lipinski definition) is 0. The third kappa shape index (κ3) is 3.46. The first-order valence-electron chi connectivity index (χ1n) is 6.94. The lowest BCUT2D eigenvalue weighted by atomic mass is 9.80. The van der Waals surface area contributed by atoms with Gasteiger partial charge in [0, 0.05) is 19.0 Å². The van der Waals surface area contributed by atoms with Gasteiger partial charge in [-0.3, -0.25) is 9.59 Å². The molecule has 1 unspecified atom stereocenters. The number of carbonyl (C=O) groups is 2. The maximum atomic E-state index is 13.6. The molecule has 0 N–H and O–H groups in total. The molecule has 1 aliphatic rings. The Bertz CT molecular complexity index is 578. The van der Waals surface area contributed by atoms with Crippen molar-refractivity contribution in [1.82, 2.24) is 4.90 Å². The van der Waals surface area contributed by atoms with Crippen LogP contribution < -0.4 is 0 Å². The van der Waals surface area contributed by atoms with Crippen LogP contribution in [0, 0.1) is 23.0 Å². The highest BCUT2D eigenvalue weighted by molar-refractivity contribution is 5.99. The Morgan fingerprint density at radius 3 is 2.52 bits per heavy atom. The standard InChI is InChI=1S/C16H19F2NO2/c1-16(2,3)10-6-15(21)19(8-10)9-14(20)12-5-4-11(17)7-13(12)18/h4-5,7,10H,6,8-9H2,1-3H3. The number of likely N-dealkylation sites (tertiary alicyclic amines) is 1. The molecule has 2 rings (SSSR count). The van der Waals surface area contributed by atoms with Gasteiger partial charge in [-0.1, -0.05) is 20.8 Å². The van der Waals surface area contributed by atoms with Crippen molar-refractivity contribution in [2.24, 2.45) is 11.3 Å². The summed E-state index contributed by atoms with van der Waals surface area (Å²) in [4.78, 5) is 25.5. The largest absolute Gasteiger partial charge is 0.335 e. The summed E-state index contributed by atoms with van der Waals surface area (Å²) in [6.45, 7) is 6.49. The summed E-state index contributed by atoms with van der Waals surface area (Å²) < 4.78 is 26.4. The minimum atomic E-state index is -0.890. The molecule has 0 aliphatic carbocycles. The molecule has 0 bridgehead atoms. The minimum Gasteiger partial charge on any atom is -0.335 e. The number of benzene rings is 1. The van der Waals surface area contributed by atoms with Gasteiger partial charge in [-0.25, -0.2) is 8.78 Å². The predicted octanol–water partition coefficient (Wildman–Crippen LogP) is 3.04. The highest BCUT2D eigenvalue weighted by Gasteiger charge is 2.37. The van der Waals surface area contributed by atoms with E-state index in [9.17, 15) is 18.4 Å². The van der Waals surface area contributed by atoms with Crippen molar-refractivity contribution in [1.29, 1.82) is 0 Å². The fourth-order valence-corrected chi connectivity index (χ4v) is 2.48. The summed E-state index contributed by atoms with van der Waals surface area (Å²) in [6, 6.07) is 2.84. The van der Waals surface area contributed by atoms with Crippen molar-refractivity contribution in [3.05, 3.63) is 35.4 Å². The zero-order valence-electron chi connectivity index (χ0n) is 12.5. The molecule has 21 heavy (non-hydrogen) atoms. The van der Waals surface area contributed by atoms with Gasteiger partial charge in [0.05, 0.1) is 12.1 Å². The first-order valence-corrected chi connectivity index (χ1v) is 6.94. The van der Waals surface area contributed by atoms with Gasteiger partial charge in [0.15, 0.2) is 5.78 Å². The van der Waals surface area contributed by atoms with Crippen LogP contribution in [-0.2, 0) is 4.79 Å². The van der Waals surface area contributed by atoms with E-state index >= 15 is 0 Å². The molecule has 3 nitrogen and oxygen atoms in total. The molecule has 1 aromatic rings. The summed E-state index contributed by atoms with van der Waals surface area (Å²) in [7, 11) is 0. The smallest absolute Gasteiger partial charge is 0.223 e. The lowest BCUT2D eigenvalue weighted by Gasteiger charge is -2.26. The molecule has 1 aliphatic heterocycles. The van der Waals surface area contributed by atoms with E-state index in [4.69, 9.17) is 0 Å². The van der Waals surface area contributed by atoms with Crippen LogP contribution in [0.15, 0.2) is 18.2 Å². The number of ketones is 1. The Labute approximate surface area is 122 Å². The Morgan fingerprint density at radius 2 is 2.00 bits per heavy atom. The van der Waals surface area contributed by atoms with Crippen LogP contribution in [0.25, 0.3) is 0 Å². The Morgan fingerprint density at radius 1 is 1.33 bits per heavy atom. The van der Waals surface area contributed by atoms with Gasteiger partial charge in [-0.05, 0) is 23.5 Å². The molecule has 0 spiro atoms. The number of nitrogens with zero attached hydrogens (tertiary/aromatic N) is 1. The van der Waals surface area contributed by atoms with Gasteiger partial charge in [0.25, 0.3) is 0 Å². The van der Waals surface area contributed by atoms with E-state index < -0.39 is 17.4 Å². The van der Waals surface area contributed by atoms with Crippen LogP contribution >= 0.6 is 0 Å². The van der Waals surface area contributed by atoms with Crippen molar-refractivity contribution in [3.8, 4) is 0 Å². The van der Waals surface area contributed by atoms with Crippen molar-refractivity contribution in [2.75, 3.05) is 13.1 Å². The molecule has 5 heteroatoms.